The summed E-state index contributed by atoms with van der Waals surface area (Å²) in [7, 11) is 0. The fourth-order valence-electron chi connectivity index (χ4n) is 14.7. The second-order valence-corrected chi connectivity index (χ2v) is 31.7. The molecule has 107 heavy (non-hydrogen) atoms. The molecule has 2 saturated heterocycles. The Kier molecular flexibility index (Phi) is 71.0. The Labute approximate surface area is 656 Å². The standard InChI is InChI=1S/C93H169NO13/c1-3-5-7-9-11-13-15-17-19-21-23-25-27-29-31-33-35-37-38-39-40-41-42-43-44-45-47-49-51-53-55-57-59-61-63-65-67-69-71-73-75-77-85(98)94-81(80-104-92-90(103)88(101)91(84(79-96)106-92)107-93-89(102)87(100)86(99)83(78-95)105-93)82(97)76-74-72-70-68-66-64-62-60-58-56-54-52-50-48-46-36-34-32-30-28-26-24-22-20-18-16-14-12-10-8-6-4-2/h5,7,11,13,17,19,23,25,58,60,66,68,74,76,81-84,86-93,95-97,99-103H,3-4,6,8-10,12,14-16,18,20-22,24,26-57,59,61-65,67,69-73,75,77-80H2,1-2H3,(H,94,98)/b7-5-,13-11-,19-17-,25-23-,60-58+,68-66+,76-74+. The number of carbonyl (C=O) groups excluding carboxylic acids is 1. The molecular weight excluding hydrogens is 1340 g/mol. The summed E-state index contributed by atoms with van der Waals surface area (Å²) < 4.78 is 22.9. The number of allylic oxidation sites excluding steroid dienone is 13. The molecule has 2 aliphatic heterocycles. The highest BCUT2D eigenvalue weighted by molar-refractivity contribution is 5.76. The number of hydrogen-bond acceptors (Lipinski definition) is 13. The van der Waals surface area contributed by atoms with Gasteiger partial charge in [0.05, 0.1) is 32.0 Å². The van der Waals surface area contributed by atoms with Gasteiger partial charge in [-0.3, -0.25) is 4.79 Å². The number of aliphatic hydroxyl groups excluding tert-OH is 8. The monoisotopic (exact) mass is 1510 g/mol. The molecule has 0 saturated carbocycles. The van der Waals surface area contributed by atoms with Crippen molar-refractivity contribution in [2.75, 3.05) is 19.8 Å². The van der Waals surface area contributed by atoms with Gasteiger partial charge in [0.15, 0.2) is 12.6 Å². The topological polar surface area (TPSA) is 228 Å². The van der Waals surface area contributed by atoms with Crippen LogP contribution in [0.4, 0.5) is 0 Å². The summed E-state index contributed by atoms with van der Waals surface area (Å²) in [4.78, 5) is 13.4. The number of carbonyl (C=O) groups is 1. The van der Waals surface area contributed by atoms with E-state index in [1.165, 1.54) is 302 Å². The van der Waals surface area contributed by atoms with Crippen LogP contribution in [0.2, 0.25) is 0 Å². The van der Waals surface area contributed by atoms with Crippen LogP contribution in [-0.2, 0) is 23.7 Å². The molecule has 14 heteroatoms. The van der Waals surface area contributed by atoms with Crippen LogP contribution in [-0.4, -0.2) is 140 Å². The Hall–Kier alpha value is -2.83. The first-order valence-electron chi connectivity index (χ1n) is 45.3. The summed E-state index contributed by atoms with van der Waals surface area (Å²) in [6.45, 7) is 2.72. The predicted octanol–water partition coefficient (Wildman–Crippen LogP) is 22.2. The maximum atomic E-state index is 13.4. The van der Waals surface area contributed by atoms with Gasteiger partial charge in [0.1, 0.15) is 48.8 Å². The second-order valence-electron chi connectivity index (χ2n) is 31.7. The first-order chi connectivity index (χ1) is 52.6. The fraction of sp³-hybridized carbons (Fsp3) is 0.839. The lowest BCUT2D eigenvalue weighted by molar-refractivity contribution is -0.359. The summed E-state index contributed by atoms with van der Waals surface area (Å²) in [5.41, 5.74) is 0. The van der Waals surface area contributed by atoms with E-state index in [0.29, 0.717) is 12.8 Å². The van der Waals surface area contributed by atoms with Crippen LogP contribution < -0.4 is 5.32 Å². The molecule has 2 fully saturated rings. The molecule has 2 heterocycles. The van der Waals surface area contributed by atoms with E-state index in [4.69, 9.17) is 18.9 Å². The highest BCUT2D eigenvalue weighted by Crippen LogP contribution is 2.31. The van der Waals surface area contributed by atoms with Crippen molar-refractivity contribution in [3.8, 4) is 0 Å². The number of aliphatic hydroxyl groups is 8. The number of nitrogens with one attached hydrogen (secondary N) is 1. The van der Waals surface area contributed by atoms with E-state index in [1.54, 1.807) is 6.08 Å². The second kappa shape index (κ2) is 75.8. The number of ether oxygens (including phenoxy) is 4. The minimum atomic E-state index is -1.80. The first-order valence-corrected chi connectivity index (χ1v) is 45.3. The lowest BCUT2D eigenvalue weighted by Gasteiger charge is -2.46. The Morgan fingerprint density at radius 2 is 0.654 bits per heavy atom. The molecule has 0 spiro atoms. The molecule has 0 aromatic heterocycles. The maximum Gasteiger partial charge on any atom is 0.220 e. The van der Waals surface area contributed by atoms with Gasteiger partial charge < -0.3 is 65.1 Å². The molecule has 0 radical (unpaired) electrons. The van der Waals surface area contributed by atoms with Crippen molar-refractivity contribution in [2.24, 2.45) is 0 Å². The third kappa shape index (κ3) is 57.8. The van der Waals surface area contributed by atoms with Gasteiger partial charge in [0.25, 0.3) is 0 Å². The van der Waals surface area contributed by atoms with E-state index in [2.05, 4.69) is 92.1 Å². The average molecular weight is 1510 g/mol. The lowest BCUT2D eigenvalue weighted by atomic mass is 9.97. The van der Waals surface area contributed by atoms with E-state index < -0.39 is 86.8 Å². The van der Waals surface area contributed by atoms with Crippen molar-refractivity contribution in [1.29, 1.82) is 0 Å². The predicted molar refractivity (Wildman–Crippen MR) is 447 cm³/mol. The van der Waals surface area contributed by atoms with Gasteiger partial charge in [-0.1, -0.05) is 401 Å². The van der Waals surface area contributed by atoms with E-state index >= 15 is 0 Å². The van der Waals surface area contributed by atoms with E-state index in [-0.39, 0.29) is 18.9 Å². The maximum absolute atomic E-state index is 13.4. The van der Waals surface area contributed by atoms with Crippen LogP contribution in [0.3, 0.4) is 0 Å². The third-order valence-corrected chi connectivity index (χ3v) is 21.8. The van der Waals surface area contributed by atoms with Crippen molar-refractivity contribution in [1.82, 2.24) is 5.32 Å². The number of amides is 1. The first kappa shape index (κ1) is 100. The molecule has 2 aliphatic rings. The summed E-state index contributed by atoms with van der Waals surface area (Å²) >= 11 is 0. The van der Waals surface area contributed by atoms with Crippen molar-refractivity contribution >= 4 is 5.91 Å². The number of hydrogen-bond donors (Lipinski definition) is 9. The average Bonchev–Trinajstić information content (AvgIpc) is 0.789. The highest BCUT2D eigenvalue weighted by Gasteiger charge is 2.51. The minimum absolute atomic E-state index is 0.246. The molecule has 12 atom stereocenters. The lowest BCUT2D eigenvalue weighted by Crippen LogP contribution is -2.65. The molecule has 9 N–H and O–H groups in total. The van der Waals surface area contributed by atoms with E-state index in [1.807, 2.05) is 6.08 Å². The Bertz CT molecular complexity index is 2130. The molecule has 12 unspecified atom stereocenters. The van der Waals surface area contributed by atoms with Crippen molar-refractivity contribution in [2.45, 2.75) is 479 Å². The smallest absolute Gasteiger partial charge is 0.220 e. The zero-order valence-corrected chi connectivity index (χ0v) is 68.9. The van der Waals surface area contributed by atoms with Crippen LogP contribution in [0.1, 0.15) is 406 Å². The van der Waals surface area contributed by atoms with Crippen LogP contribution in [0.15, 0.2) is 85.1 Å². The summed E-state index contributed by atoms with van der Waals surface area (Å²) in [6, 6.07) is -0.942. The van der Waals surface area contributed by atoms with Crippen molar-refractivity contribution < 1.29 is 64.6 Å². The number of rotatable bonds is 77. The molecule has 0 aromatic rings. The Morgan fingerprint density at radius 1 is 0.346 bits per heavy atom. The van der Waals surface area contributed by atoms with Crippen LogP contribution in [0.5, 0.6) is 0 Å². The highest BCUT2D eigenvalue weighted by atomic mass is 16.7. The summed E-state index contributed by atoms with van der Waals surface area (Å²) in [5, 5.41) is 87.8. The normalized spacial score (nSPS) is 21.6. The van der Waals surface area contributed by atoms with Gasteiger partial charge in [0.2, 0.25) is 5.91 Å². The van der Waals surface area contributed by atoms with E-state index in [0.717, 1.165) is 70.6 Å². The molecule has 1 amide bonds. The summed E-state index contributed by atoms with van der Waals surface area (Å²) in [5.74, 6) is -0.246. The summed E-state index contributed by atoms with van der Waals surface area (Å²) in [6.07, 6.45) is 91.5. The van der Waals surface area contributed by atoms with Gasteiger partial charge in [-0.15, -0.1) is 0 Å². The largest absolute Gasteiger partial charge is 0.394 e. The third-order valence-electron chi connectivity index (χ3n) is 21.8. The van der Waals surface area contributed by atoms with Crippen molar-refractivity contribution in [3.05, 3.63) is 85.1 Å². The van der Waals surface area contributed by atoms with E-state index in [9.17, 15) is 45.6 Å². The SMILES string of the molecule is CC/C=C\C/C=C\C/C=C\C/C=C\CCCCCCCCCCCCCCCCCCCCCCCCCCCCCCC(=O)NC(COC1OC(CO)C(OC2OC(CO)C(O)C(O)C2O)C(O)C1O)C(O)/C=C/CC/C=C/CC/C=C/CCCCCCCCCCCCCCCCCCCCCCCC. The minimum Gasteiger partial charge on any atom is -0.394 e. The van der Waals surface area contributed by atoms with Crippen LogP contribution in [0, 0.1) is 0 Å². The Morgan fingerprint density at radius 3 is 1.03 bits per heavy atom. The van der Waals surface area contributed by atoms with Crippen LogP contribution >= 0.6 is 0 Å². The van der Waals surface area contributed by atoms with Gasteiger partial charge in [-0.25, -0.2) is 0 Å². The van der Waals surface area contributed by atoms with Crippen LogP contribution in [0.25, 0.3) is 0 Å². The molecule has 0 bridgehead atoms. The molecule has 2 rings (SSSR count). The fourth-order valence-corrected chi connectivity index (χ4v) is 14.7. The molecule has 14 nitrogen and oxygen atoms in total. The van der Waals surface area contributed by atoms with Gasteiger partial charge in [-0.05, 0) is 83.5 Å². The Balaban J connectivity index is 1.57. The van der Waals surface area contributed by atoms with Gasteiger partial charge in [0, 0.05) is 6.42 Å². The zero-order chi connectivity index (χ0) is 77.2. The zero-order valence-electron chi connectivity index (χ0n) is 68.9. The molecule has 0 aliphatic carbocycles. The van der Waals surface area contributed by atoms with Gasteiger partial charge in [-0.2, -0.15) is 0 Å². The molecular formula is C93H169NO13. The number of unbranched alkanes of at least 4 members (excludes halogenated alkanes) is 52. The van der Waals surface area contributed by atoms with Gasteiger partial charge >= 0.3 is 0 Å². The molecule has 0 aromatic carbocycles. The quantitative estimate of drug-likeness (QED) is 0.0204. The molecule has 624 valence electrons. The van der Waals surface area contributed by atoms with Crippen molar-refractivity contribution in [3.63, 3.8) is 0 Å².